The van der Waals surface area contributed by atoms with Gasteiger partial charge in [-0.15, -0.1) is 0 Å². The van der Waals surface area contributed by atoms with E-state index in [1.165, 1.54) is 32.4 Å². The first-order valence-corrected chi connectivity index (χ1v) is 12.7. The van der Waals surface area contributed by atoms with Gasteiger partial charge in [0.25, 0.3) is 0 Å². The molecule has 0 saturated carbocycles. The minimum absolute atomic E-state index is 0.0220. The van der Waals surface area contributed by atoms with Crippen molar-refractivity contribution in [3.8, 4) is 17.1 Å². The first kappa shape index (κ1) is 22.2. The second kappa shape index (κ2) is 9.79. The summed E-state index contributed by atoms with van der Waals surface area (Å²) in [4.78, 5) is 28.1. The number of likely N-dealkylation sites (tertiary alicyclic amines) is 1. The molecule has 35 heavy (non-hydrogen) atoms. The van der Waals surface area contributed by atoms with Crippen molar-refractivity contribution in [1.29, 1.82) is 0 Å². The Morgan fingerprint density at radius 3 is 2.80 bits per heavy atom. The molecule has 6 rings (SSSR count). The monoisotopic (exact) mass is 473 g/mol. The Morgan fingerprint density at radius 1 is 1.11 bits per heavy atom. The van der Waals surface area contributed by atoms with Gasteiger partial charge in [-0.2, -0.15) is 0 Å². The van der Waals surface area contributed by atoms with Crippen LogP contribution in [0.1, 0.15) is 38.1 Å². The van der Waals surface area contributed by atoms with Crippen molar-refractivity contribution in [2.75, 3.05) is 39.5 Å². The van der Waals surface area contributed by atoms with Gasteiger partial charge in [0, 0.05) is 36.4 Å². The van der Waals surface area contributed by atoms with E-state index in [9.17, 15) is 4.79 Å². The van der Waals surface area contributed by atoms with Crippen molar-refractivity contribution in [3.05, 3.63) is 53.1 Å². The zero-order valence-corrected chi connectivity index (χ0v) is 19.9. The molecule has 1 atom stereocenters. The van der Waals surface area contributed by atoms with Crippen LogP contribution in [0.2, 0.25) is 0 Å². The number of benzene rings is 1. The Hall–Kier alpha value is -3.23. The first-order valence-electron chi connectivity index (χ1n) is 12.7. The predicted octanol–water partition coefficient (Wildman–Crippen LogP) is 4.16. The zero-order valence-electron chi connectivity index (χ0n) is 19.9. The average Bonchev–Trinajstić information content (AvgIpc) is 3.55. The number of imidazole rings is 1. The summed E-state index contributed by atoms with van der Waals surface area (Å²) in [6, 6.07) is 11.8. The summed E-state index contributed by atoms with van der Waals surface area (Å²) in [6.45, 7) is 5.36. The van der Waals surface area contributed by atoms with Gasteiger partial charge in [-0.05, 0) is 50.9 Å². The summed E-state index contributed by atoms with van der Waals surface area (Å²) >= 11 is 0. The van der Waals surface area contributed by atoms with Gasteiger partial charge in [-0.25, -0.2) is 14.8 Å². The fourth-order valence-corrected chi connectivity index (χ4v) is 5.37. The summed E-state index contributed by atoms with van der Waals surface area (Å²) in [7, 11) is 0. The van der Waals surface area contributed by atoms with Crippen molar-refractivity contribution in [1.82, 2.24) is 24.4 Å². The average molecular weight is 474 g/mol. The van der Waals surface area contributed by atoms with Crippen LogP contribution in [0.5, 0.6) is 5.88 Å². The summed E-state index contributed by atoms with van der Waals surface area (Å²) in [5.74, 6) is 0.610. The Balaban J connectivity index is 1.27. The van der Waals surface area contributed by atoms with Crippen molar-refractivity contribution in [3.63, 3.8) is 0 Å². The number of fused-ring (bicyclic) bond motifs is 3. The quantitative estimate of drug-likeness (QED) is 0.406. The minimum Gasteiger partial charge on any atom is -0.478 e. The van der Waals surface area contributed by atoms with Crippen LogP contribution in [0.3, 0.4) is 0 Å². The SMILES string of the molecule is O=c1[nH]c2c(-c3ccc(OCCCN4CCCCC4)nc3)nc3ccccc3c2n1[C@@H]1CCOC1. The highest BCUT2D eigenvalue weighted by atomic mass is 16.5. The summed E-state index contributed by atoms with van der Waals surface area (Å²) in [6.07, 6.45) is 7.58. The molecule has 0 aliphatic carbocycles. The van der Waals surface area contributed by atoms with E-state index in [4.69, 9.17) is 14.5 Å². The van der Waals surface area contributed by atoms with E-state index in [0.29, 0.717) is 25.7 Å². The third kappa shape index (κ3) is 4.44. The molecule has 2 fully saturated rings. The van der Waals surface area contributed by atoms with E-state index in [1.807, 2.05) is 41.0 Å². The number of piperidine rings is 1. The van der Waals surface area contributed by atoms with Gasteiger partial charge in [0.05, 0.1) is 41.5 Å². The topological polar surface area (TPSA) is 85.3 Å². The van der Waals surface area contributed by atoms with E-state index in [2.05, 4.69) is 14.9 Å². The summed E-state index contributed by atoms with van der Waals surface area (Å²) in [5.41, 5.74) is 3.90. The molecule has 1 N–H and O–H groups in total. The Bertz CT molecular complexity index is 1370. The first-order chi connectivity index (χ1) is 17.3. The molecule has 4 aromatic rings. The number of para-hydroxylation sites is 1. The van der Waals surface area contributed by atoms with Crippen molar-refractivity contribution < 1.29 is 9.47 Å². The highest BCUT2D eigenvalue weighted by Crippen LogP contribution is 2.33. The van der Waals surface area contributed by atoms with Gasteiger partial charge in [0.2, 0.25) is 5.88 Å². The number of aromatic nitrogens is 4. The molecular formula is C27H31N5O3. The van der Waals surface area contributed by atoms with E-state index < -0.39 is 0 Å². The number of nitrogens with one attached hydrogen (secondary N) is 1. The molecule has 8 nitrogen and oxygen atoms in total. The lowest BCUT2D eigenvalue weighted by Crippen LogP contribution is -2.31. The van der Waals surface area contributed by atoms with Crippen LogP contribution >= 0.6 is 0 Å². The van der Waals surface area contributed by atoms with Gasteiger partial charge in [0.1, 0.15) is 0 Å². The molecule has 0 spiro atoms. The Labute approximate surface area is 203 Å². The van der Waals surface area contributed by atoms with Crippen molar-refractivity contribution in [2.45, 2.75) is 38.1 Å². The number of ether oxygens (including phenoxy) is 2. The Kier molecular flexibility index (Phi) is 6.22. The van der Waals surface area contributed by atoms with Crippen LogP contribution in [-0.2, 0) is 4.74 Å². The molecule has 5 heterocycles. The second-order valence-corrected chi connectivity index (χ2v) is 9.51. The van der Waals surface area contributed by atoms with Crippen LogP contribution in [-0.4, -0.2) is 63.9 Å². The van der Waals surface area contributed by atoms with Crippen molar-refractivity contribution >= 4 is 21.9 Å². The van der Waals surface area contributed by atoms with Gasteiger partial charge in [0.15, 0.2) is 0 Å². The molecule has 0 bridgehead atoms. The summed E-state index contributed by atoms with van der Waals surface area (Å²) < 4.78 is 13.3. The van der Waals surface area contributed by atoms with E-state index in [1.54, 1.807) is 6.20 Å². The van der Waals surface area contributed by atoms with E-state index in [0.717, 1.165) is 52.6 Å². The standard InChI is InChI=1S/C27H31N5O3/c33-27-30-25-24(19-9-10-23(28-17-19)35-15-6-14-31-12-4-1-5-13-31)29-22-8-3-2-7-21(22)26(25)32(27)20-11-16-34-18-20/h2-3,7-10,17,20H,1,4-6,11-16,18H2,(H,30,33)/t20-/m1/s1. The lowest BCUT2D eigenvalue weighted by atomic mass is 10.1. The molecule has 182 valence electrons. The smallest absolute Gasteiger partial charge is 0.326 e. The maximum absolute atomic E-state index is 13.1. The zero-order chi connectivity index (χ0) is 23.6. The van der Waals surface area contributed by atoms with Crippen LogP contribution in [0.4, 0.5) is 0 Å². The van der Waals surface area contributed by atoms with Crippen LogP contribution in [0.15, 0.2) is 47.4 Å². The third-order valence-electron chi connectivity index (χ3n) is 7.15. The maximum atomic E-state index is 13.1. The van der Waals surface area contributed by atoms with Gasteiger partial charge < -0.3 is 19.4 Å². The van der Waals surface area contributed by atoms with Gasteiger partial charge in [-0.3, -0.25) is 4.57 Å². The maximum Gasteiger partial charge on any atom is 0.326 e. The van der Waals surface area contributed by atoms with Crippen LogP contribution in [0.25, 0.3) is 33.2 Å². The number of hydrogen-bond donors (Lipinski definition) is 1. The largest absolute Gasteiger partial charge is 0.478 e. The number of aromatic amines is 1. The van der Waals surface area contributed by atoms with E-state index >= 15 is 0 Å². The number of H-pyrrole nitrogens is 1. The molecule has 8 heteroatoms. The Morgan fingerprint density at radius 2 is 2.00 bits per heavy atom. The number of rotatable bonds is 7. The number of hydrogen-bond acceptors (Lipinski definition) is 6. The molecule has 0 unspecified atom stereocenters. The van der Waals surface area contributed by atoms with Crippen molar-refractivity contribution in [2.24, 2.45) is 0 Å². The second-order valence-electron chi connectivity index (χ2n) is 9.51. The van der Waals surface area contributed by atoms with Crippen LogP contribution < -0.4 is 10.4 Å². The third-order valence-corrected chi connectivity index (χ3v) is 7.15. The van der Waals surface area contributed by atoms with Gasteiger partial charge in [-0.1, -0.05) is 24.6 Å². The normalized spacial score (nSPS) is 19.0. The molecule has 2 saturated heterocycles. The molecule has 1 aromatic carbocycles. The lowest BCUT2D eigenvalue weighted by Gasteiger charge is -2.26. The number of pyridine rings is 2. The minimum atomic E-state index is -0.128. The fourth-order valence-electron chi connectivity index (χ4n) is 5.37. The highest BCUT2D eigenvalue weighted by Gasteiger charge is 2.25. The lowest BCUT2D eigenvalue weighted by molar-refractivity contribution is 0.186. The van der Waals surface area contributed by atoms with E-state index in [-0.39, 0.29) is 11.7 Å². The molecular weight excluding hydrogens is 442 g/mol. The predicted molar refractivity (Wildman–Crippen MR) is 136 cm³/mol. The molecule has 2 aliphatic rings. The van der Waals surface area contributed by atoms with Crippen LogP contribution in [0, 0.1) is 0 Å². The summed E-state index contributed by atoms with van der Waals surface area (Å²) in [5, 5.41) is 0.957. The molecule has 0 radical (unpaired) electrons. The van der Waals surface area contributed by atoms with Gasteiger partial charge >= 0.3 is 5.69 Å². The molecule has 3 aromatic heterocycles. The fraction of sp³-hybridized carbons (Fsp3) is 0.444. The highest BCUT2D eigenvalue weighted by molar-refractivity contribution is 6.07. The number of nitrogens with zero attached hydrogens (tertiary/aromatic N) is 4. The molecule has 0 amide bonds. The molecule has 2 aliphatic heterocycles.